The van der Waals surface area contributed by atoms with Crippen molar-refractivity contribution < 1.29 is 13.3 Å². The summed E-state index contributed by atoms with van der Waals surface area (Å²) in [6, 6.07) is 3.87. The van der Waals surface area contributed by atoms with Crippen LogP contribution >= 0.6 is 15.9 Å². The molecular formula is C11H15BrN2O4S. The molecule has 0 saturated heterocycles. The van der Waals surface area contributed by atoms with Gasteiger partial charge in [0.05, 0.1) is 16.4 Å². The number of hydrogen-bond donors (Lipinski definition) is 1. The highest BCUT2D eigenvalue weighted by atomic mass is 79.9. The molecule has 1 unspecified atom stereocenters. The van der Waals surface area contributed by atoms with E-state index in [0.29, 0.717) is 16.5 Å². The summed E-state index contributed by atoms with van der Waals surface area (Å²) in [4.78, 5) is 10.1. The van der Waals surface area contributed by atoms with Gasteiger partial charge in [0.25, 0.3) is 5.69 Å². The second kappa shape index (κ2) is 6.44. The number of nitro groups is 1. The molecule has 0 fully saturated rings. The van der Waals surface area contributed by atoms with Crippen molar-refractivity contribution in [1.29, 1.82) is 0 Å². The molecular weight excluding hydrogens is 336 g/mol. The minimum Gasteiger partial charge on any atom is -0.328 e. The van der Waals surface area contributed by atoms with Gasteiger partial charge in [0.1, 0.15) is 0 Å². The first-order chi connectivity index (χ1) is 8.71. The van der Waals surface area contributed by atoms with E-state index in [1.54, 1.807) is 6.92 Å². The lowest BCUT2D eigenvalue weighted by molar-refractivity contribution is -0.384. The summed E-state index contributed by atoms with van der Waals surface area (Å²) in [5, 5.41) is 10.6. The zero-order valence-corrected chi connectivity index (χ0v) is 12.8. The summed E-state index contributed by atoms with van der Waals surface area (Å²) < 4.78 is 24.2. The Hall–Kier alpha value is -0.990. The number of nitrogens with zero attached hydrogens (tertiary/aromatic N) is 1. The van der Waals surface area contributed by atoms with Crippen molar-refractivity contribution in [3.8, 4) is 0 Å². The smallest absolute Gasteiger partial charge is 0.270 e. The average molecular weight is 351 g/mol. The Labute approximate surface area is 120 Å². The van der Waals surface area contributed by atoms with Gasteiger partial charge in [-0.05, 0) is 18.9 Å². The van der Waals surface area contributed by atoms with Crippen molar-refractivity contribution in [1.82, 2.24) is 0 Å². The zero-order valence-electron chi connectivity index (χ0n) is 10.4. The maximum absolute atomic E-state index is 11.9. The molecule has 1 aromatic rings. The Balaban J connectivity index is 2.85. The average Bonchev–Trinajstić information content (AvgIpc) is 2.29. The predicted molar refractivity (Wildman–Crippen MR) is 76.6 cm³/mol. The van der Waals surface area contributed by atoms with Gasteiger partial charge in [0.2, 0.25) is 0 Å². The molecule has 0 aromatic heterocycles. The molecule has 19 heavy (non-hydrogen) atoms. The van der Waals surface area contributed by atoms with Gasteiger partial charge in [-0.3, -0.25) is 10.1 Å². The van der Waals surface area contributed by atoms with Gasteiger partial charge in [-0.15, -0.1) is 0 Å². The van der Waals surface area contributed by atoms with Crippen molar-refractivity contribution in [2.45, 2.75) is 25.1 Å². The largest absolute Gasteiger partial charge is 0.328 e. The summed E-state index contributed by atoms with van der Waals surface area (Å²) >= 11 is 3.15. The highest BCUT2D eigenvalue weighted by Crippen LogP contribution is 2.24. The van der Waals surface area contributed by atoms with Crippen LogP contribution < -0.4 is 5.73 Å². The van der Waals surface area contributed by atoms with Crippen molar-refractivity contribution in [2.75, 3.05) is 5.75 Å². The van der Waals surface area contributed by atoms with Crippen LogP contribution in [0.3, 0.4) is 0 Å². The number of rotatable bonds is 6. The number of hydrogen-bond acceptors (Lipinski definition) is 5. The molecule has 8 heteroatoms. The monoisotopic (exact) mass is 350 g/mol. The van der Waals surface area contributed by atoms with Crippen LogP contribution in [0.5, 0.6) is 0 Å². The molecule has 1 rings (SSSR count). The van der Waals surface area contributed by atoms with Gasteiger partial charge in [-0.2, -0.15) is 0 Å². The van der Waals surface area contributed by atoms with E-state index in [4.69, 9.17) is 5.73 Å². The lowest BCUT2D eigenvalue weighted by Crippen LogP contribution is -2.20. The van der Waals surface area contributed by atoms with E-state index in [9.17, 15) is 18.5 Å². The van der Waals surface area contributed by atoms with Crippen LogP contribution in [0, 0.1) is 10.1 Å². The van der Waals surface area contributed by atoms with Crippen LogP contribution in [-0.4, -0.2) is 25.1 Å². The Morgan fingerprint density at radius 1 is 1.47 bits per heavy atom. The molecule has 0 saturated carbocycles. The number of nitro benzene ring substituents is 1. The maximum atomic E-state index is 11.9. The SMILES string of the molecule is CC(N)CCS(=O)(=O)Cc1ccc([N+](=O)[O-])cc1Br. The molecule has 6 nitrogen and oxygen atoms in total. The Bertz CT molecular complexity index is 572. The second-order valence-corrected chi connectivity index (χ2v) is 7.43. The fourth-order valence-electron chi connectivity index (χ4n) is 1.44. The van der Waals surface area contributed by atoms with E-state index in [-0.39, 0.29) is 23.2 Å². The molecule has 2 N–H and O–H groups in total. The lowest BCUT2D eigenvalue weighted by atomic mass is 10.2. The molecule has 0 aliphatic carbocycles. The fourth-order valence-corrected chi connectivity index (χ4v) is 3.73. The van der Waals surface area contributed by atoms with Gasteiger partial charge < -0.3 is 5.73 Å². The van der Waals surface area contributed by atoms with E-state index in [0.717, 1.165) is 0 Å². The summed E-state index contributed by atoms with van der Waals surface area (Å²) in [5.41, 5.74) is 5.96. The van der Waals surface area contributed by atoms with Crippen LogP contribution in [0.2, 0.25) is 0 Å². The number of sulfone groups is 1. The van der Waals surface area contributed by atoms with Gasteiger partial charge in [0, 0.05) is 22.6 Å². The molecule has 0 heterocycles. The summed E-state index contributed by atoms with van der Waals surface area (Å²) in [6.07, 6.45) is 0.396. The van der Waals surface area contributed by atoms with Crippen LogP contribution in [0.4, 0.5) is 5.69 Å². The third kappa shape index (κ3) is 5.25. The van der Waals surface area contributed by atoms with Crippen LogP contribution in [0.25, 0.3) is 0 Å². The number of non-ortho nitro benzene ring substituents is 1. The van der Waals surface area contributed by atoms with E-state index < -0.39 is 14.8 Å². The molecule has 0 aliphatic rings. The van der Waals surface area contributed by atoms with Crippen molar-refractivity contribution in [3.63, 3.8) is 0 Å². The minimum atomic E-state index is -3.27. The van der Waals surface area contributed by atoms with Crippen molar-refractivity contribution >= 4 is 31.5 Å². The molecule has 0 bridgehead atoms. The molecule has 0 aliphatic heterocycles. The highest BCUT2D eigenvalue weighted by Gasteiger charge is 2.16. The molecule has 0 spiro atoms. The Morgan fingerprint density at radius 3 is 2.58 bits per heavy atom. The van der Waals surface area contributed by atoms with Crippen molar-refractivity contribution in [2.24, 2.45) is 5.73 Å². The maximum Gasteiger partial charge on any atom is 0.270 e. The van der Waals surface area contributed by atoms with E-state index in [1.807, 2.05) is 0 Å². The molecule has 0 radical (unpaired) electrons. The second-order valence-electron chi connectivity index (χ2n) is 4.39. The molecule has 1 atom stereocenters. The molecule has 0 amide bonds. The Morgan fingerprint density at radius 2 is 2.11 bits per heavy atom. The fraction of sp³-hybridized carbons (Fsp3) is 0.455. The lowest BCUT2D eigenvalue weighted by Gasteiger charge is -2.08. The summed E-state index contributed by atoms with van der Waals surface area (Å²) in [6.45, 7) is 1.75. The van der Waals surface area contributed by atoms with Gasteiger partial charge in [-0.1, -0.05) is 22.0 Å². The van der Waals surface area contributed by atoms with Gasteiger partial charge in [-0.25, -0.2) is 8.42 Å². The first-order valence-corrected chi connectivity index (χ1v) is 8.21. The van der Waals surface area contributed by atoms with Crippen LogP contribution in [-0.2, 0) is 15.6 Å². The van der Waals surface area contributed by atoms with Gasteiger partial charge >= 0.3 is 0 Å². The third-order valence-corrected chi connectivity index (χ3v) is 4.85. The number of halogens is 1. The van der Waals surface area contributed by atoms with Gasteiger partial charge in [0.15, 0.2) is 9.84 Å². The number of nitrogens with two attached hydrogens (primary N) is 1. The number of benzene rings is 1. The first kappa shape index (κ1) is 16.1. The third-order valence-electron chi connectivity index (χ3n) is 2.51. The zero-order chi connectivity index (χ0) is 14.6. The van der Waals surface area contributed by atoms with Crippen LogP contribution in [0.1, 0.15) is 18.9 Å². The Kier molecular flexibility index (Phi) is 5.45. The predicted octanol–water partition coefficient (Wildman–Crippen LogP) is 2.01. The normalized spacial score (nSPS) is 13.2. The summed E-state index contributed by atoms with van der Waals surface area (Å²) in [7, 11) is -3.27. The first-order valence-electron chi connectivity index (χ1n) is 5.60. The van der Waals surface area contributed by atoms with Crippen LogP contribution in [0.15, 0.2) is 22.7 Å². The van der Waals surface area contributed by atoms with Crippen molar-refractivity contribution in [3.05, 3.63) is 38.3 Å². The highest BCUT2D eigenvalue weighted by molar-refractivity contribution is 9.10. The minimum absolute atomic E-state index is 0.00803. The van der Waals surface area contributed by atoms with E-state index >= 15 is 0 Å². The van der Waals surface area contributed by atoms with E-state index in [2.05, 4.69) is 15.9 Å². The molecule has 106 valence electrons. The standard InChI is InChI=1S/C11H15BrN2O4S/c1-8(13)4-5-19(17,18)7-9-2-3-10(14(15)16)6-11(9)12/h2-3,6,8H,4-5,7,13H2,1H3. The molecule has 1 aromatic carbocycles. The quantitative estimate of drug-likeness (QED) is 0.624. The summed E-state index contributed by atoms with van der Waals surface area (Å²) in [5.74, 6) is -0.146. The topological polar surface area (TPSA) is 103 Å². The van der Waals surface area contributed by atoms with E-state index in [1.165, 1.54) is 18.2 Å².